The normalized spacial score (nSPS) is 15.3. The van der Waals surface area contributed by atoms with E-state index >= 15 is 0 Å². The summed E-state index contributed by atoms with van der Waals surface area (Å²) in [6.45, 7) is 1.64. The number of hydrogen-bond donors (Lipinski definition) is 2. The number of imide groups is 1. The van der Waals surface area contributed by atoms with Crippen molar-refractivity contribution in [2.24, 2.45) is 5.84 Å². The van der Waals surface area contributed by atoms with Crippen molar-refractivity contribution in [2.75, 3.05) is 5.75 Å². The highest BCUT2D eigenvalue weighted by Crippen LogP contribution is 2.23. The van der Waals surface area contributed by atoms with E-state index < -0.39 is 5.91 Å². The smallest absolute Gasteiger partial charge is 0.289 e. The van der Waals surface area contributed by atoms with Crippen LogP contribution in [0, 0.1) is 6.92 Å². The lowest BCUT2D eigenvalue weighted by molar-refractivity contribution is -0.125. The summed E-state index contributed by atoms with van der Waals surface area (Å²) < 4.78 is 5.32. The Labute approximate surface area is 107 Å². The van der Waals surface area contributed by atoms with Crippen molar-refractivity contribution in [1.82, 2.24) is 10.3 Å². The van der Waals surface area contributed by atoms with E-state index in [0.29, 0.717) is 17.1 Å². The average molecular weight is 269 g/mol. The van der Waals surface area contributed by atoms with Crippen LogP contribution in [-0.2, 0) is 11.3 Å². The number of carbonyl (C=O) groups excluding carboxylic acids is 3. The Bertz CT molecular complexity index is 509. The molecule has 1 aliphatic rings. The number of carbonyl (C=O) groups is 3. The summed E-state index contributed by atoms with van der Waals surface area (Å²) in [4.78, 5) is 35.3. The van der Waals surface area contributed by atoms with Crippen LogP contribution in [0.4, 0.5) is 4.79 Å². The molecule has 0 radical (unpaired) electrons. The third kappa shape index (κ3) is 2.24. The summed E-state index contributed by atoms with van der Waals surface area (Å²) in [5, 5.41) is -0.307. The lowest BCUT2D eigenvalue weighted by Crippen LogP contribution is -2.30. The number of nitrogens with two attached hydrogens (primary N) is 1. The molecule has 96 valence electrons. The van der Waals surface area contributed by atoms with Crippen LogP contribution in [-0.4, -0.2) is 27.7 Å². The van der Waals surface area contributed by atoms with Gasteiger partial charge in [0.15, 0.2) is 0 Å². The largest absolute Gasteiger partial charge is 0.464 e. The molecular weight excluding hydrogens is 258 g/mol. The summed E-state index contributed by atoms with van der Waals surface area (Å²) in [5.74, 6) is 5.20. The van der Waals surface area contributed by atoms with Gasteiger partial charge in [-0.15, -0.1) is 0 Å². The minimum absolute atomic E-state index is 0.0311. The van der Waals surface area contributed by atoms with Gasteiger partial charge in [0, 0.05) is 0 Å². The van der Waals surface area contributed by atoms with Gasteiger partial charge in [0.2, 0.25) is 5.91 Å². The van der Waals surface area contributed by atoms with Crippen molar-refractivity contribution in [3.8, 4) is 0 Å². The fourth-order valence-electron chi connectivity index (χ4n) is 1.61. The molecular formula is C10H11N3O4S. The van der Waals surface area contributed by atoms with Crippen molar-refractivity contribution in [3.05, 3.63) is 23.2 Å². The monoisotopic (exact) mass is 269 g/mol. The lowest BCUT2D eigenvalue weighted by atomic mass is 10.2. The van der Waals surface area contributed by atoms with E-state index in [4.69, 9.17) is 10.3 Å². The van der Waals surface area contributed by atoms with Crippen LogP contribution in [0.5, 0.6) is 0 Å². The van der Waals surface area contributed by atoms with Crippen molar-refractivity contribution in [1.29, 1.82) is 0 Å². The second-order valence-electron chi connectivity index (χ2n) is 3.69. The molecule has 18 heavy (non-hydrogen) atoms. The van der Waals surface area contributed by atoms with Crippen molar-refractivity contribution in [3.63, 3.8) is 0 Å². The Balaban J connectivity index is 2.18. The van der Waals surface area contributed by atoms with Gasteiger partial charge < -0.3 is 4.42 Å². The topological polar surface area (TPSA) is 106 Å². The third-order valence-electron chi connectivity index (χ3n) is 2.50. The van der Waals surface area contributed by atoms with Crippen molar-refractivity contribution in [2.45, 2.75) is 13.5 Å². The van der Waals surface area contributed by atoms with Crippen LogP contribution in [0.15, 0.2) is 10.5 Å². The lowest BCUT2D eigenvalue weighted by Gasteiger charge is -2.09. The van der Waals surface area contributed by atoms with E-state index in [1.807, 2.05) is 5.43 Å². The molecule has 3 N–H and O–H groups in total. The molecule has 0 atom stereocenters. The van der Waals surface area contributed by atoms with Crippen LogP contribution in [0.3, 0.4) is 0 Å². The molecule has 1 aliphatic heterocycles. The van der Waals surface area contributed by atoms with E-state index in [2.05, 4.69) is 0 Å². The predicted molar refractivity (Wildman–Crippen MR) is 63.5 cm³/mol. The van der Waals surface area contributed by atoms with E-state index in [1.165, 1.54) is 6.07 Å². The van der Waals surface area contributed by atoms with Crippen LogP contribution in [0.25, 0.3) is 0 Å². The van der Waals surface area contributed by atoms with E-state index in [9.17, 15) is 14.4 Å². The van der Waals surface area contributed by atoms with Gasteiger partial charge >= 0.3 is 0 Å². The van der Waals surface area contributed by atoms with E-state index in [0.717, 1.165) is 16.7 Å². The van der Waals surface area contributed by atoms with Crippen molar-refractivity contribution < 1.29 is 18.8 Å². The standard InChI is InChI=1S/C10H11N3O4S/c1-5-7(9(15)12-11)2-6(17-5)3-13-8(14)4-18-10(13)16/h2H,3-4,11H2,1H3,(H,12,15). The Morgan fingerprint density at radius 3 is 2.89 bits per heavy atom. The molecule has 0 aliphatic carbocycles. The summed E-state index contributed by atoms with van der Waals surface area (Å²) in [6.07, 6.45) is 0. The second kappa shape index (κ2) is 4.83. The van der Waals surface area contributed by atoms with Gasteiger partial charge in [0.1, 0.15) is 11.5 Å². The number of furan rings is 1. The SMILES string of the molecule is Cc1oc(CN2C(=O)CSC2=O)cc1C(=O)NN. The number of amides is 3. The Morgan fingerprint density at radius 1 is 1.61 bits per heavy atom. The van der Waals surface area contributed by atoms with Gasteiger partial charge in [0.05, 0.1) is 17.9 Å². The quantitative estimate of drug-likeness (QED) is 0.467. The third-order valence-corrected chi connectivity index (χ3v) is 3.36. The number of nitrogen functional groups attached to an aromatic ring is 1. The zero-order valence-electron chi connectivity index (χ0n) is 9.56. The first-order valence-electron chi connectivity index (χ1n) is 5.10. The molecule has 2 rings (SSSR count). The molecule has 0 aromatic carbocycles. The molecule has 1 fully saturated rings. The number of aryl methyl sites for hydroxylation is 1. The maximum atomic E-state index is 11.4. The van der Waals surface area contributed by atoms with Gasteiger partial charge in [-0.3, -0.25) is 24.7 Å². The highest BCUT2D eigenvalue weighted by atomic mass is 32.2. The maximum Gasteiger partial charge on any atom is 0.289 e. The minimum Gasteiger partial charge on any atom is -0.464 e. The van der Waals surface area contributed by atoms with Gasteiger partial charge in [-0.2, -0.15) is 0 Å². The molecule has 1 saturated heterocycles. The first-order valence-corrected chi connectivity index (χ1v) is 6.09. The summed E-state index contributed by atoms with van der Waals surface area (Å²) in [5.41, 5.74) is 2.29. The van der Waals surface area contributed by atoms with Crippen LogP contribution >= 0.6 is 11.8 Å². The highest BCUT2D eigenvalue weighted by Gasteiger charge is 2.31. The highest BCUT2D eigenvalue weighted by molar-refractivity contribution is 8.14. The summed E-state index contributed by atoms with van der Waals surface area (Å²) in [7, 11) is 0. The molecule has 7 nitrogen and oxygen atoms in total. The summed E-state index contributed by atoms with van der Waals surface area (Å²) >= 11 is 0.951. The Hall–Kier alpha value is -1.80. The van der Waals surface area contributed by atoms with Gasteiger partial charge in [-0.05, 0) is 13.0 Å². The summed E-state index contributed by atoms with van der Waals surface area (Å²) in [6, 6.07) is 1.47. The van der Waals surface area contributed by atoms with Gasteiger partial charge in [0.25, 0.3) is 11.1 Å². The zero-order valence-corrected chi connectivity index (χ0v) is 10.4. The fraction of sp³-hybridized carbons (Fsp3) is 0.300. The van der Waals surface area contributed by atoms with Crippen molar-refractivity contribution >= 4 is 28.8 Å². The average Bonchev–Trinajstić information content (AvgIpc) is 2.86. The molecule has 8 heteroatoms. The minimum atomic E-state index is -0.476. The van der Waals surface area contributed by atoms with Gasteiger partial charge in [-0.25, -0.2) is 5.84 Å². The van der Waals surface area contributed by atoms with E-state index in [1.54, 1.807) is 6.92 Å². The number of nitrogens with zero attached hydrogens (tertiary/aromatic N) is 1. The number of hydrazine groups is 1. The molecule has 0 bridgehead atoms. The Kier molecular flexibility index (Phi) is 3.39. The van der Waals surface area contributed by atoms with E-state index in [-0.39, 0.29) is 23.4 Å². The number of thioether (sulfide) groups is 1. The number of rotatable bonds is 3. The van der Waals surface area contributed by atoms with Gasteiger partial charge in [-0.1, -0.05) is 11.8 Å². The Morgan fingerprint density at radius 2 is 2.33 bits per heavy atom. The van der Waals surface area contributed by atoms with Crippen LogP contribution in [0.1, 0.15) is 21.9 Å². The molecule has 0 unspecified atom stereocenters. The first kappa shape index (κ1) is 12.7. The molecule has 2 heterocycles. The molecule has 0 spiro atoms. The molecule has 1 aromatic rings. The van der Waals surface area contributed by atoms with Crippen LogP contribution < -0.4 is 11.3 Å². The zero-order chi connectivity index (χ0) is 13.3. The number of hydrogen-bond acceptors (Lipinski definition) is 6. The first-order chi connectivity index (χ1) is 8.52. The molecule has 1 aromatic heterocycles. The molecule has 3 amide bonds. The second-order valence-corrected chi connectivity index (χ2v) is 4.62. The maximum absolute atomic E-state index is 11.4. The predicted octanol–water partition coefficient (Wildman–Crippen LogP) is 0.387. The fourth-order valence-corrected chi connectivity index (χ4v) is 2.34. The number of nitrogens with one attached hydrogen (secondary N) is 1. The van der Waals surface area contributed by atoms with Crippen LogP contribution in [0.2, 0.25) is 0 Å². The molecule has 0 saturated carbocycles.